The first-order valence-corrected chi connectivity index (χ1v) is 19.8. The Kier molecular flexibility index (Phi) is 32.3. The second-order valence-electron chi connectivity index (χ2n) is 12.2. The molecule has 0 saturated carbocycles. The van der Waals surface area contributed by atoms with E-state index in [4.69, 9.17) is 13.8 Å². The van der Waals surface area contributed by atoms with Crippen LogP contribution in [0.25, 0.3) is 0 Å². The lowest BCUT2D eigenvalue weighted by Crippen LogP contribution is -2.27. The first-order valence-electron chi connectivity index (χ1n) is 18.3. The van der Waals surface area contributed by atoms with Crippen LogP contribution >= 0.6 is 7.82 Å². The number of amides is 1. The zero-order chi connectivity index (χ0) is 34.0. The lowest BCUT2D eigenvalue weighted by Gasteiger charge is -2.15. The number of nitrogens with one attached hydrogen (secondary N) is 1. The number of hydrogen-bond donors (Lipinski definition) is 3. The number of phosphoric ester groups is 1. The van der Waals surface area contributed by atoms with Gasteiger partial charge >= 0.3 is 13.8 Å². The Morgan fingerprint density at radius 3 is 1.83 bits per heavy atom. The van der Waals surface area contributed by atoms with Crippen LogP contribution in [0.1, 0.15) is 162 Å². The molecule has 3 N–H and O–H groups in total. The molecule has 46 heavy (non-hydrogen) atoms. The highest BCUT2D eigenvalue weighted by atomic mass is 31.2. The maximum Gasteiger partial charge on any atom is 0.472 e. The normalized spacial score (nSPS) is 13.7. The van der Waals surface area contributed by atoms with Crippen molar-refractivity contribution >= 4 is 19.7 Å². The van der Waals surface area contributed by atoms with E-state index in [1.807, 2.05) is 0 Å². The van der Waals surface area contributed by atoms with Crippen molar-refractivity contribution in [2.24, 2.45) is 0 Å². The maximum absolute atomic E-state index is 12.0. The monoisotopic (exact) mass is 673 g/mol. The molecule has 2 unspecified atom stereocenters. The SMILES string of the molecule is CCC/C=C\C/C=C\CCCCCCCC(=O)OCC(O)COP(=O)(O)OCCNC(=O)CCCCCCCCCCCCCC. The van der Waals surface area contributed by atoms with Crippen molar-refractivity contribution < 1.29 is 37.9 Å². The highest BCUT2D eigenvalue weighted by Crippen LogP contribution is 2.42. The molecular weight excluding hydrogens is 605 g/mol. The van der Waals surface area contributed by atoms with Crippen LogP contribution in [0.3, 0.4) is 0 Å². The van der Waals surface area contributed by atoms with Crippen molar-refractivity contribution in [3.8, 4) is 0 Å². The number of ether oxygens (including phenoxy) is 1. The van der Waals surface area contributed by atoms with Gasteiger partial charge in [-0.15, -0.1) is 0 Å². The molecule has 10 heteroatoms. The zero-order valence-corrected chi connectivity index (χ0v) is 30.2. The summed E-state index contributed by atoms with van der Waals surface area (Å²) in [6.07, 6.45) is 32.5. The molecule has 0 bridgehead atoms. The van der Waals surface area contributed by atoms with Gasteiger partial charge in [-0.25, -0.2) is 4.57 Å². The van der Waals surface area contributed by atoms with Crippen LogP contribution < -0.4 is 5.32 Å². The van der Waals surface area contributed by atoms with Crippen LogP contribution in [0.15, 0.2) is 24.3 Å². The fourth-order valence-electron chi connectivity index (χ4n) is 4.83. The molecule has 0 spiro atoms. The Labute approximate surface area is 280 Å². The molecule has 0 aromatic rings. The molecule has 0 fully saturated rings. The lowest BCUT2D eigenvalue weighted by atomic mass is 10.0. The Morgan fingerprint density at radius 1 is 0.674 bits per heavy atom. The van der Waals surface area contributed by atoms with Gasteiger partial charge in [-0.3, -0.25) is 18.6 Å². The average molecular weight is 674 g/mol. The molecule has 270 valence electrons. The van der Waals surface area contributed by atoms with Crippen molar-refractivity contribution in [2.75, 3.05) is 26.4 Å². The van der Waals surface area contributed by atoms with Crippen molar-refractivity contribution in [1.29, 1.82) is 0 Å². The van der Waals surface area contributed by atoms with Crippen LogP contribution in [0.5, 0.6) is 0 Å². The summed E-state index contributed by atoms with van der Waals surface area (Å²) < 4.78 is 26.7. The van der Waals surface area contributed by atoms with Gasteiger partial charge in [0, 0.05) is 19.4 Å². The lowest BCUT2D eigenvalue weighted by molar-refractivity contribution is -0.147. The predicted molar refractivity (Wildman–Crippen MR) is 188 cm³/mol. The summed E-state index contributed by atoms with van der Waals surface area (Å²) >= 11 is 0. The van der Waals surface area contributed by atoms with Gasteiger partial charge in [0.05, 0.1) is 13.2 Å². The van der Waals surface area contributed by atoms with Crippen LogP contribution in [0.4, 0.5) is 0 Å². The van der Waals surface area contributed by atoms with E-state index >= 15 is 0 Å². The number of allylic oxidation sites excluding steroid dienone is 4. The summed E-state index contributed by atoms with van der Waals surface area (Å²) in [6.45, 7) is 3.45. The van der Waals surface area contributed by atoms with E-state index in [9.17, 15) is 24.2 Å². The number of carbonyl (C=O) groups is 2. The number of hydrogen-bond acceptors (Lipinski definition) is 7. The number of aliphatic hydroxyl groups is 1. The molecule has 0 rings (SSSR count). The number of unbranched alkanes of at least 4 members (excludes halogenated alkanes) is 17. The average Bonchev–Trinajstić information content (AvgIpc) is 3.04. The van der Waals surface area contributed by atoms with E-state index in [1.54, 1.807) is 0 Å². The van der Waals surface area contributed by atoms with E-state index in [-0.39, 0.29) is 32.1 Å². The van der Waals surface area contributed by atoms with Gasteiger partial charge in [0.1, 0.15) is 12.7 Å². The van der Waals surface area contributed by atoms with Gasteiger partial charge in [0.15, 0.2) is 0 Å². The van der Waals surface area contributed by atoms with Crippen LogP contribution in [-0.2, 0) is 27.9 Å². The quantitative estimate of drug-likeness (QED) is 0.0267. The van der Waals surface area contributed by atoms with Crippen LogP contribution in [0.2, 0.25) is 0 Å². The van der Waals surface area contributed by atoms with Crippen molar-refractivity contribution in [3.05, 3.63) is 24.3 Å². The number of esters is 1. The van der Waals surface area contributed by atoms with Crippen molar-refractivity contribution in [3.63, 3.8) is 0 Å². The van der Waals surface area contributed by atoms with Gasteiger partial charge in [-0.2, -0.15) is 0 Å². The minimum atomic E-state index is -4.41. The van der Waals surface area contributed by atoms with Crippen LogP contribution in [-0.4, -0.2) is 54.3 Å². The molecule has 2 atom stereocenters. The van der Waals surface area contributed by atoms with E-state index < -0.39 is 26.5 Å². The Bertz CT molecular complexity index is 820. The third-order valence-corrected chi connectivity index (χ3v) is 8.60. The number of carbonyl (C=O) groups excluding carboxylic acids is 2. The third kappa shape index (κ3) is 33.8. The largest absolute Gasteiger partial charge is 0.472 e. The van der Waals surface area contributed by atoms with Gasteiger partial charge in [-0.05, 0) is 38.5 Å². The van der Waals surface area contributed by atoms with E-state index in [0.717, 1.165) is 70.6 Å². The molecule has 0 aromatic heterocycles. The molecule has 9 nitrogen and oxygen atoms in total. The van der Waals surface area contributed by atoms with E-state index in [2.05, 4.69) is 43.5 Å². The Balaban J connectivity index is 3.65. The summed E-state index contributed by atoms with van der Waals surface area (Å²) in [6, 6.07) is 0. The smallest absolute Gasteiger partial charge is 0.463 e. The molecule has 0 aliphatic carbocycles. The Hall–Kier alpha value is -1.51. The summed E-state index contributed by atoms with van der Waals surface area (Å²) in [4.78, 5) is 33.7. The summed E-state index contributed by atoms with van der Waals surface area (Å²) in [5, 5.41) is 12.6. The molecule has 0 aromatic carbocycles. The fraction of sp³-hybridized carbons (Fsp3) is 0.833. The fourth-order valence-corrected chi connectivity index (χ4v) is 5.59. The Morgan fingerprint density at radius 2 is 1.22 bits per heavy atom. The summed E-state index contributed by atoms with van der Waals surface area (Å²) in [5.74, 6) is -0.531. The highest BCUT2D eigenvalue weighted by molar-refractivity contribution is 7.47. The van der Waals surface area contributed by atoms with Gasteiger partial charge in [-0.1, -0.05) is 134 Å². The van der Waals surface area contributed by atoms with Gasteiger partial charge < -0.3 is 20.1 Å². The zero-order valence-electron chi connectivity index (χ0n) is 29.3. The molecule has 0 radical (unpaired) electrons. The number of aliphatic hydroxyl groups excluding tert-OH is 1. The minimum absolute atomic E-state index is 0.0826. The highest BCUT2D eigenvalue weighted by Gasteiger charge is 2.23. The molecule has 0 aliphatic heterocycles. The third-order valence-electron chi connectivity index (χ3n) is 7.62. The first-order chi connectivity index (χ1) is 22.3. The topological polar surface area (TPSA) is 131 Å². The van der Waals surface area contributed by atoms with Gasteiger partial charge in [0.2, 0.25) is 5.91 Å². The van der Waals surface area contributed by atoms with Crippen molar-refractivity contribution in [1.82, 2.24) is 5.32 Å². The molecule has 0 saturated heterocycles. The predicted octanol–water partition coefficient (Wildman–Crippen LogP) is 9.26. The molecule has 1 amide bonds. The molecule has 0 heterocycles. The maximum atomic E-state index is 12.0. The van der Waals surface area contributed by atoms with Crippen molar-refractivity contribution in [2.45, 2.75) is 168 Å². The first kappa shape index (κ1) is 44.5. The number of phosphoric acid groups is 1. The minimum Gasteiger partial charge on any atom is -0.463 e. The van der Waals surface area contributed by atoms with Gasteiger partial charge in [0.25, 0.3) is 0 Å². The summed E-state index contributed by atoms with van der Waals surface area (Å²) in [5.41, 5.74) is 0. The van der Waals surface area contributed by atoms with E-state index in [0.29, 0.717) is 6.42 Å². The standard InChI is InChI=1S/C36H68NO8P/c1-3-5-7-9-11-13-15-17-19-21-23-25-27-29-36(40)43-32-34(38)33-45-46(41,42)44-31-30-37-35(39)28-26-24-22-20-18-16-14-12-10-8-6-4-2/h7,9,13,15,34,38H,3-6,8,10-12,14,16-33H2,1-2H3,(H,37,39)(H,41,42)/b9-7-,15-13-. The summed E-state index contributed by atoms with van der Waals surface area (Å²) in [7, 11) is -4.41. The second kappa shape index (κ2) is 33.4. The second-order valence-corrected chi connectivity index (χ2v) is 13.7. The molecular formula is C36H68NO8P. The number of rotatable bonds is 34. The molecule has 0 aliphatic rings. The van der Waals surface area contributed by atoms with Crippen LogP contribution in [0, 0.1) is 0 Å². The van der Waals surface area contributed by atoms with E-state index in [1.165, 1.54) is 64.2 Å².